The first-order valence-corrected chi connectivity index (χ1v) is 11.4. The van der Waals surface area contributed by atoms with E-state index in [1.807, 2.05) is 19.1 Å². The van der Waals surface area contributed by atoms with E-state index in [0.717, 1.165) is 18.4 Å². The van der Waals surface area contributed by atoms with Crippen LogP contribution in [0.5, 0.6) is 5.75 Å². The maximum absolute atomic E-state index is 13.0. The molecule has 7 heteroatoms. The summed E-state index contributed by atoms with van der Waals surface area (Å²) in [6.45, 7) is 2.40. The third-order valence-electron chi connectivity index (χ3n) is 5.32. The highest BCUT2D eigenvalue weighted by Gasteiger charge is 2.23. The van der Waals surface area contributed by atoms with Crippen LogP contribution in [0, 0.1) is 0 Å². The van der Waals surface area contributed by atoms with Crippen LogP contribution in [0.1, 0.15) is 48.5 Å². The molecule has 1 fully saturated rings. The average Bonchev–Trinajstić information content (AvgIpc) is 3.25. The quantitative estimate of drug-likeness (QED) is 0.714. The maximum atomic E-state index is 13.0. The van der Waals surface area contributed by atoms with Crippen molar-refractivity contribution >= 4 is 15.9 Å². The third kappa shape index (κ3) is 5.16. The fourth-order valence-corrected chi connectivity index (χ4v) is 5.00. The lowest BCUT2D eigenvalue weighted by atomic mass is 10.1. The van der Waals surface area contributed by atoms with E-state index in [-0.39, 0.29) is 23.4 Å². The Hall–Kier alpha value is -2.38. The molecular formula is C22H28N2O4S. The molecule has 156 valence electrons. The van der Waals surface area contributed by atoms with Gasteiger partial charge in [0.2, 0.25) is 10.0 Å². The van der Waals surface area contributed by atoms with Gasteiger partial charge in [0.05, 0.1) is 12.0 Å². The molecule has 0 spiro atoms. The molecule has 1 N–H and O–H groups in total. The van der Waals surface area contributed by atoms with Crippen LogP contribution in [-0.2, 0) is 16.6 Å². The molecule has 2 aromatic rings. The molecule has 0 unspecified atom stereocenters. The van der Waals surface area contributed by atoms with Gasteiger partial charge in [-0.1, -0.05) is 31.9 Å². The van der Waals surface area contributed by atoms with Gasteiger partial charge in [0, 0.05) is 24.7 Å². The van der Waals surface area contributed by atoms with Crippen molar-refractivity contribution in [2.75, 3.05) is 13.7 Å². The van der Waals surface area contributed by atoms with E-state index in [2.05, 4.69) is 5.32 Å². The molecule has 0 heterocycles. The molecule has 0 radical (unpaired) electrons. The minimum Gasteiger partial charge on any atom is -0.497 e. The molecule has 0 bridgehead atoms. The zero-order valence-corrected chi connectivity index (χ0v) is 17.7. The summed E-state index contributed by atoms with van der Waals surface area (Å²) in [5.41, 5.74) is 1.43. The highest BCUT2D eigenvalue weighted by atomic mass is 32.2. The predicted molar refractivity (Wildman–Crippen MR) is 112 cm³/mol. The number of ether oxygens (including phenoxy) is 1. The molecule has 0 aromatic heterocycles. The van der Waals surface area contributed by atoms with Gasteiger partial charge < -0.3 is 10.1 Å². The number of carbonyl (C=O) groups is 1. The Balaban J connectivity index is 1.68. The van der Waals surface area contributed by atoms with Crippen LogP contribution in [-0.4, -0.2) is 38.3 Å². The van der Waals surface area contributed by atoms with E-state index in [1.165, 1.54) is 17.1 Å². The number of benzene rings is 2. The highest BCUT2D eigenvalue weighted by molar-refractivity contribution is 7.89. The number of hydrogen-bond acceptors (Lipinski definition) is 4. The van der Waals surface area contributed by atoms with E-state index in [1.54, 1.807) is 43.5 Å². The van der Waals surface area contributed by atoms with Gasteiger partial charge in [0.1, 0.15) is 5.75 Å². The summed E-state index contributed by atoms with van der Waals surface area (Å²) >= 11 is 0. The van der Waals surface area contributed by atoms with Gasteiger partial charge in [-0.25, -0.2) is 8.42 Å². The van der Waals surface area contributed by atoms with Gasteiger partial charge in [-0.3, -0.25) is 4.79 Å². The van der Waals surface area contributed by atoms with Crippen molar-refractivity contribution in [1.29, 1.82) is 0 Å². The SMILES string of the molecule is CCN(Cc1ccc(C(=O)NC2CCCC2)cc1)S(=O)(=O)c1ccc(OC)cc1. The Labute approximate surface area is 172 Å². The van der Waals surface area contributed by atoms with Crippen molar-refractivity contribution in [2.24, 2.45) is 0 Å². The van der Waals surface area contributed by atoms with Gasteiger partial charge in [0.25, 0.3) is 5.91 Å². The Morgan fingerprint density at radius 1 is 1.07 bits per heavy atom. The number of nitrogens with zero attached hydrogens (tertiary/aromatic N) is 1. The number of sulfonamides is 1. The lowest BCUT2D eigenvalue weighted by molar-refractivity contribution is 0.0938. The Morgan fingerprint density at radius 3 is 2.24 bits per heavy atom. The topological polar surface area (TPSA) is 75.7 Å². The van der Waals surface area contributed by atoms with Crippen LogP contribution in [0.25, 0.3) is 0 Å². The standard InChI is InChI=1S/C22H28N2O4S/c1-3-24(29(26,27)21-14-12-20(28-2)13-15-21)16-17-8-10-18(11-9-17)22(25)23-19-6-4-5-7-19/h8-15,19H,3-7,16H2,1-2H3,(H,23,25). The summed E-state index contributed by atoms with van der Waals surface area (Å²) in [6, 6.07) is 13.8. The van der Waals surface area contributed by atoms with Crippen LogP contribution in [0.3, 0.4) is 0 Å². The van der Waals surface area contributed by atoms with E-state index < -0.39 is 10.0 Å². The largest absolute Gasteiger partial charge is 0.497 e. The lowest BCUT2D eigenvalue weighted by Crippen LogP contribution is -2.32. The summed E-state index contributed by atoms with van der Waals surface area (Å²) in [7, 11) is -2.08. The monoisotopic (exact) mass is 416 g/mol. The second-order valence-corrected chi connectivity index (χ2v) is 9.20. The van der Waals surface area contributed by atoms with Crippen LogP contribution in [0.15, 0.2) is 53.4 Å². The van der Waals surface area contributed by atoms with E-state index >= 15 is 0 Å². The molecule has 6 nitrogen and oxygen atoms in total. The summed E-state index contributed by atoms with van der Waals surface area (Å²) in [4.78, 5) is 12.6. The third-order valence-corrected chi connectivity index (χ3v) is 7.25. The van der Waals surface area contributed by atoms with E-state index in [4.69, 9.17) is 4.74 Å². The molecule has 29 heavy (non-hydrogen) atoms. The second-order valence-electron chi connectivity index (χ2n) is 7.26. The molecule has 0 saturated heterocycles. The molecule has 3 rings (SSSR count). The first-order valence-electron chi connectivity index (χ1n) is 9.98. The van der Waals surface area contributed by atoms with Crippen molar-refractivity contribution < 1.29 is 17.9 Å². The summed E-state index contributed by atoms with van der Waals surface area (Å²) < 4.78 is 32.4. The first kappa shape index (κ1) is 21.3. The lowest BCUT2D eigenvalue weighted by Gasteiger charge is -2.21. The van der Waals surface area contributed by atoms with Gasteiger partial charge in [-0.05, 0) is 54.8 Å². The molecule has 0 atom stereocenters. The molecule has 1 aliphatic carbocycles. The zero-order valence-electron chi connectivity index (χ0n) is 16.9. The Bertz CT molecular complexity index is 918. The number of rotatable bonds is 8. The average molecular weight is 417 g/mol. The molecule has 1 amide bonds. The van der Waals surface area contributed by atoms with Crippen molar-refractivity contribution in [3.63, 3.8) is 0 Å². The highest BCUT2D eigenvalue weighted by Crippen LogP contribution is 2.22. The number of carbonyl (C=O) groups excluding carboxylic acids is 1. The summed E-state index contributed by atoms with van der Waals surface area (Å²) in [6.07, 6.45) is 4.41. The molecule has 0 aliphatic heterocycles. The minimum absolute atomic E-state index is 0.0679. The smallest absolute Gasteiger partial charge is 0.251 e. The fraction of sp³-hybridized carbons (Fsp3) is 0.409. The van der Waals surface area contributed by atoms with Crippen molar-refractivity contribution in [2.45, 2.75) is 50.1 Å². The predicted octanol–water partition coefficient (Wildman–Crippen LogP) is 3.58. The van der Waals surface area contributed by atoms with E-state index in [9.17, 15) is 13.2 Å². The number of nitrogens with one attached hydrogen (secondary N) is 1. The van der Waals surface area contributed by atoms with Crippen molar-refractivity contribution in [3.05, 3.63) is 59.7 Å². The molecule has 2 aromatic carbocycles. The van der Waals surface area contributed by atoms with Crippen LogP contribution >= 0.6 is 0 Å². The van der Waals surface area contributed by atoms with Crippen LogP contribution in [0.2, 0.25) is 0 Å². The zero-order chi connectivity index (χ0) is 20.9. The van der Waals surface area contributed by atoms with Gasteiger partial charge in [-0.2, -0.15) is 4.31 Å². The molecule has 1 saturated carbocycles. The maximum Gasteiger partial charge on any atom is 0.251 e. The Morgan fingerprint density at radius 2 is 1.69 bits per heavy atom. The Kier molecular flexibility index (Phi) is 6.92. The molecular weight excluding hydrogens is 388 g/mol. The van der Waals surface area contributed by atoms with Crippen LogP contribution in [0.4, 0.5) is 0 Å². The van der Waals surface area contributed by atoms with Gasteiger partial charge in [-0.15, -0.1) is 0 Å². The second kappa shape index (κ2) is 9.41. The fourth-order valence-electron chi connectivity index (χ4n) is 3.57. The first-order chi connectivity index (χ1) is 13.9. The van der Waals surface area contributed by atoms with E-state index in [0.29, 0.717) is 17.9 Å². The van der Waals surface area contributed by atoms with Gasteiger partial charge >= 0.3 is 0 Å². The minimum atomic E-state index is -3.62. The summed E-state index contributed by atoms with van der Waals surface area (Å²) in [5, 5.41) is 3.07. The number of methoxy groups -OCH3 is 1. The van der Waals surface area contributed by atoms with Crippen LogP contribution < -0.4 is 10.1 Å². The normalized spacial score (nSPS) is 14.9. The summed E-state index contributed by atoms with van der Waals surface area (Å²) in [5.74, 6) is 0.542. The molecule has 1 aliphatic rings. The number of amides is 1. The van der Waals surface area contributed by atoms with Crippen molar-refractivity contribution in [3.8, 4) is 5.75 Å². The van der Waals surface area contributed by atoms with Crippen molar-refractivity contribution in [1.82, 2.24) is 9.62 Å². The van der Waals surface area contributed by atoms with Gasteiger partial charge in [0.15, 0.2) is 0 Å². The number of hydrogen-bond donors (Lipinski definition) is 1.